The third kappa shape index (κ3) is 2.41. The number of hydrogen-bond acceptors (Lipinski definition) is 7. The summed E-state index contributed by atoms with van der Waals surface area (Å²) >= 11 is 1.78. The van der Waals surface area contributed by atoms with Gasteiger partial charge in [0.25, 0.3) is 0 Å². The van der Waals surface area contributed by atoms with Crippen molar-refractivity contribution in [2.45, 2.75) is 56.3 Å². The largest absolute Gasteiger partial charge is 0.347 e. The van der Waals surface area contributed by atoms with Crippen LogP contribution in [0.1, 0.15) is 73.0 Å². The van der Waals surface area contributed by atoms with Gasteiger partial charge in [-0.3, -0.25) is 0 Å². The lowest BCUT2D eigenvalue weighted by molar-refractivity contribution is 0.365. The molecular weight excluding hydrogens is 298 g/mol. The van der Waals surface area contributed by atoms with Gasteiger partial charge < -0.3 is 9.42 Å². The molecule has 2 aliphatic carbocycles. The number of rotatable bonds is 4. The molecule has 0 amide bonds. The van der Waals surface area contributed by atoms with Crippen LogP contribution >= 0.6 is 11.3 Å². The molecule has 0 radical (unpaired) electrons. The van der Waals surface area contributed by atoms with Crippen LogP contribution in [0.15, 0.2) is 4.52 Å². The predicted octanol–water partition coefficient (Wildman–Crippen LogP) is 3.06. The first-order valence-corrected chi connectivity index (χ1v) is 9.10. The quantitative estimate of drug-likeness (QED) is 0.863. The molecular formula is C15H19N5OS. The molecule has 0 bridgehead atoms. The summed E-state index contributed by atoms with van der Waals surface area (Å²) in [7, 11) is 0. The zero-order chi connectivity index (χ0) is 14.5. The monoisotopic (exact) mass is 317 g/mol. The molecule has 0 spiro atoms. The molecule has 5 rings (SSSR count). The van der Waals surface area contributed by atoms with Crippen LogP contribution < -0.4 is 4.90 Å². The van der Waals surface area contributed by atoms with Gasteiger partial charge in [0.05, 0.1) is 0 Å². The Bertz CT molecular complexity index is 609. The molecule has 3 heterocycles. The van der Waals surface area contributed by atoms with E-state index in [9.17, 15) is 0 Å². The highest BCUT2D eigenvalue weighted by Gasteiger charge is 2.33. The highest BCUT2D eigenvalue weighted by Crippen LogP contribution is 2.43. The zero-order valence-corrected chi connectivity index (χ0v) is 13.3. The zero-order valence-electron chi connectivity index (χ0n) is 12.4. The van der Waals surface area contributed by atoms with Crippen LogP contribution in [-0.2, 0) is 0 Å². The maximum atomic E-state index is 5.39. The minimum absolute atomic E-state index is 0.434. The fourth-order valence-electron chi connectivity index (χ4n) is 3.09. The maximum absolute atomic E-state index is 5.39. The van der Waals surface area contributed by atoms with Gasteiger partial charge in [0.2, 0.25) is 11.0 Å². The highest BCUT2D eigenvalue weighted by atomic mass is 32.1. The van der Waals surface area contributed by atoms with Crippen LogP contribution in [0, 0.1) is 0 Å². The molecule has 1 saturated heterocycles. The summed E-state index contributed by atoms with van der Waals surface area (Å²) in [5.74, 6) is 3.45. The van der Waals surface area contributed by atoms with E-state index >= 15 is 0 Å². The second kappa shape index (κ2) is 5.01. The van der Waals surface area contributed by atoms with E-state index in [0.29, 0.717) is 17.8 Å². The smallest absolute Gasteiger partial charge is 0.229 e. The second-order valence-electron chi connectivity index (χ2n) is 6.72. The Balaban J connectivity index is 1.23. The molecule has 3 aliphatic rings. The maximum Gasteiger partial charge on any atom is 0.229 e. The highest BCUT2D eigenvalue weighted by molar-refractivity contribution is 7.15. The molecule has 6 nitrogen and oxygen atoms in total. The molecule has 2 saturated carbocycles. The van der Waals surface area contributed by atoms with E-state index in [1.54, 1.807) is 11.3 Å². The Morgan fingerprint density at radius 3 is 2.41 bits per heavy atom. The lowest BCUT2D eigenvalue weighted by atomic mass is 9.96. The minimum atomic E-state index is 0.434. The second-order valence-corrected chi connectivity index (χ2v) is 7.71. The van der Waals surface area contributed by atoms with Gasteiger partial charge in [0, 0.05) is 30.8 Å². The summed E-state index contributed by atoms with van der Waals surface area (Å²) in [4.78, 5) is 6.97. The van der Waals surface area contributed by atoms with Gasteiger partial charge in [-0.15, -0.1) is 10.2 Å². The average Bonchev–Trinajstić information content (AvgIpc) is 3.49. The van der Waals surface area contributed by atoms with Gasteiger partial charge >= 0.3 is 0 Å². The van der Waals surface area contributed by atoms with Crippen LogP contribution in [0.2, 0.25) is 0 Å². The fraction of sp³-hybridized carbons (Fsp3) is 0.733. The normalized spacial score (nSPS) is 23.2. The Kier molecular flexibility index (Phi) is 2.96. The Morgan fingerprint density at radius 1 is 0.909 bits per heavy atom. The molecule has 0 N–H and O–H groups in total. The van der Waals surface area contributed by atoms with E-state index in [2.05, 4.69) is 25.2 Å². The molecule has 0 aromatic carbocycles. The van der Waals surface area contributed by atoms with Crippen molar-refractivity contribution in [2.75, 3.05) is 18.0 Å². The lowest BCUT2D eigenvalue weighted by Crippen LogP contribution is -2.33. The van der Waals surface area contributed by atoms with E-state index in [-0.39, 0.29) is 0 Å². The van der Waals surface area contributed by atoms with Crippen LogP contribution in [0.3, 0.4) is 0 Å². The molecule has 2 aromatic heterocycles. The summed E-state index contributed by atoms with van der Waals surface area (Å²) in [6, 6.07) is 0. The Morgan fingerprint density at radius 2 is 1.68 bits per heavy atom. The number of nitrogens with zero attached hydrogens (tertiary/aromatic N) is 5. The van der Waals surface area contributed by atoms with E-state index < -0.39 is 0 Å². The van der Waals surface area contributed by atoms with Crippen LogP contribution in [0.4, 0.5) is 5.13 Å². The summed E-state index contributed by atoms with van der Waals surface area (Å²) in [6.07, 6.45) is 7.14. The van der Waals surface area contributed by atoms with Crippen LogP contribution in [0.25, 0.3) is 0 Å². The van der Waals surface area contributed by atoms with Crippen molar-refractivity contribution < 1.29 is 4.52 Å². The third-order valence-corrected chi connectivity index (χ3v) is 6.02. The fourth-order valence-corrected chi connectivity index (χ4v) is 4.15. The van der Waals surface area contributed by atoms with Gasteiger partial charge in [-0.1, -0.05) is 16.5 Å². The van der Waals surface area contributed by atoms with Crippen molar-refractivity contribution in [3.8, 4) is 0 Å². The van der Waals surface area contributed by atoms with Gasteiger partial charge in [-0.25, -0.2) is 0 Å². The van der Waals surface area contributed by atoms with Crippen molar-refractivity contribution >= 4 is 16.5 Å². The molecule has 0 atom stereocenters. The van der Waals surface area contributed by atoms with Crippen molar-refractivity contribution in [1.29, 1.82) is 0 Å². The predicted molar refractivity (Wildman–Crippen MR) is 82.3 cm³/mol. The molecule has 2 aromatic rings. The molecule has 0 unspecified atom stereocenters. The summed E-state index contributed by atoms with van der Waals surface area (Å²) in [5.41, 5.74) is 0. The molecule has 116 valence electrons. The van der Waals surface area contributed by atoms with E-state index in [1.807, 2.05) is 0 Å². The van der Waals surface area contributed by atoms with E-state index in [4.69, 9.17) is 4.52 Å². The van der Waals surface area contributed by atoms with Gasteiger partial charge in [-0.2, -0.15) is 4.98 Å². The Labute approximate surface area is 132 Å². The van der Waals surface area contributed by atoms with Gasteiger partial charge in [0.1, 0.15) is 5.01 Å². The lowest BCUT2D eigenvalue weighted by Gasteiger charge is -2.29. The van der Waals surface area contributed by atoms with Crippen molar-refractivity contribution in [1.82, 2.24) is 20.3 Å². The molecule has 22 heavy (non-hydrogen) atoms. The van der Waals surface area contributed by atoms with Crippen molar-refractivity contribution in [3.05, 3.63) is 16.7 Å². The summed E-state index contributed by atoms with van der Waals surface area (Å²) in [5, 5.41) is 15.2. The Hall–Kier alpha value is -1.50. The van der Waals surface area contributed by atoms with Crippen LogP contribution in [-0.4, -0.2) is 33.4 Å². The van der Waals surface area contributed by atoms with E-state index in [0.717, 1.165) is 42.8 Å². The number of aromatic nitrogens is 4. The first-order valence-electron chi connectivity index (χ1n) is 8.28. The van der Waals surface area contributed by atoms with E-state index in [1.165, 1.54) is 30.7 Å². The molecule has 3 fully saturated rings. The van der Waals surface area contributed by atoms with Gasteiger partial charge in [-0.05, 0) is 38.5 Å². The summed E-state index contributed by atoms with van der Waals surface area (Å²) in [6.45, 7) is 2.02. The number of hydrogen-bond donors (Lipinski definition) is 0. The third-order valence-electron chi connectivity index (χ3n) is 4.87. The minimum Gasteiger partial charge on any atom is -0.347 e. The SMILES string of the molecule is C1CN(c2nnc(C3CC3)s2)CCC1c1noc(C2CC2)n1. The van der Waals surface area contributed by atoms with Crippen LogP contribution in [0.5, 0.6) is 0 Å². The first-order chi connectivity index (χ1) is 10.9. The first kappa shape index (κ1) is 13.0. The molecule has 1 aliphatic heterocycles. The number of piperidine rings is 1. The van der Waals surface area contributed by atoms with Crippen molar-refractivity contribution in [3.63, 3.8) is 0 Å². The molecule has 7 heteroatoms. The van der Waals surface area contributed by atoms with Crippen molar-refractivity contribution in [2.24, 2.45) is 0 Å². The standard InChI is InChI=1S/C15H19N5OS/c1-2-10(1)13-16-12(19-21-13)9-5-7-20(8-6-9)15-18-17-14(22-15)11-3-4-11/h9-11H,1-8H2. The average molecular weight is 317 g/mol. The topological polar surface area (TPSA) is 67.9 Å². The number of anilines is 1. The summed E-state index contributed by atoms with van der Waals surface area (Å²) < 4.78 is 5.39. The van der Waals surface area contributed by atoms with Gasteiger partial charge in [0.15, 0.2) is 5.82 Å².